The minimum absolute atomic E-state index is 0.0235. The van der Waals surface area contributed by atoms with Crippen molar-refractivity contribution in [1.29, 1.82) is 0 Å². The van der Waals surface area contributed by atoms with Crippen molar-refractivity contribution < 1.29 is 24.4 Å². The van der Waals surface area contributed by atoms with Gasteiger partial charge in [-0.25, -0.2) is 10.2 Å². The van der Waals surface area contributed by atoms with E-state index in [1.54, 1.807) is 18.2 Å². The highest BCUT2D eigenvalue weighted by Crippen LogP contribution is 2.28. The van der Waals surface area contributed by atoms with Crippen LogP contribution < -0.4 is 10.2 Å². The molecule has 0 aromatic heterocycles. The minimum Gasteiger partial charge on any atom is -0.508 e. The smallest absolute Gasteiger partial charge is 0.343 e. The standard InChI is InChI=1S/C21H15N3O6/c25-17-9-7-15(8-10-17)20(26)23-22-13-14-6-11-19(18(12-14)24(28)29)30-21(27)16-4-2-1-3-5-16/h1-13,25H,(H,23,26). The van der Waals surface area contributed by atoms with Crippen LogP contribution >= 0.6 is 0 Å². The highest BCUT2D eigenvalue weighted by atomic mass is 16.6. The number of esters is 1. The van der Waals surface area contributed by atoms with Gasteiger partial charge in [-0.2, -0.15) is 5.10 Å². The van der Waals surface area contributed by atoms with Gasteiger partial charge >= 0.3 is 11.7 Å². The van der Waals surface area contributed by atoms with Crippen molar-refractivity contribution in [3.8, 4) is 11.5 Å². The maximum atomic E-state index is 12.1. The van der Waals surface area contributed by atoms with Crippen molar-refractivity contribution in [3.63, 3.8) is 0 Å². The van der Waals surface area contributed by atoms with Crippen molar-refractivity contribution in [2.24, 2.45) is 5.10 Å². The van der Waals surface area contributed by atoms with Crippen LogP contribution in [0, 0.1) is 10.1 Å². The Hall–Kier alpha value is -4.53. The second kappa shape index (κ2) is 9.11. The summed E-state index contributed by atoms with van der Waals surface area (Å²) in [6.07, 6.45) is 1.22. The molecule has 0 aliphatic rings. The average molecular weight is 405 g/mol. The normalized spacial score (nSPS) is 10.5. The maximum absolute atomic E-state index is 12.1. The number of phenols is 1. The van der Waals surface area contributed by atoms with Crippen LogP contribution in [0.25, 0.3) is 0 Å². The number of carbonyl (C=O) groups excluding carboxylic acids is 2. The van der Waals surface area contributed by atoms with Crippen molar-refractivity contribution in [2.75, 3.05) is 0 Å². The van der Waals surface area contributed by atoms with Gasteiger partial charge in [0.2, 0.25) is 5.75 Å². The van der Waals surface area contributed by atoms with Gasteiger partial charge in [-0.1, -0.05) is 18.2 Å². The topological polar surface area (TPSA) is 131 Å². The van der Waals surface area contributed by atoms with Crippen LogP contribution in [-0.2, 0) is 0 Å². The zero-order valence-corrected chi connectivity index (χ0v) is 15.4. The summed E-state index contributed by atoms with van der Waals surface area (Å²) in [6.45, 7) is 0. The molecule has 1 amide bonds. The molecular weight excluding hydrogens is 390 g/mol. The zero-order chi connectivity index (χ0) is 21.5. The predicted octanol–water partition coefficient (Wildman–Crippen LogP) is 3.28. The lowest BCUT2D eigenvalue weighted by molar-refractivity contribution is -0.385. The molecule has 0 fully saturated rings. The number of nitro groups is 1. The molecule has 3 aromatic rings. The first-order valence-electron chi connectivity index (χ1n) is 8.62. The molecule has 2 N–H and O–H groups in total. The Balaban J connectivity index is 1.72. The molecule has 0 aliphatic heterocycles. The average Bonchev–Trinajstić information content (AvgIpc) is 2.75. The summed E-state index contributed by atoms with van der Waals surface area (Å²) in [5, 5.41) is 24.4. The lowest BCUT2D eigenvalue weighted by Crippen LogP contribution is -2.17. The van der Waals surface area contributed by atoms with Crippen LogP contribution in [0.1, 0.15) is 26.3 Å². The van der Waals surface area contributed by atoms with Gasteiger partial charge in [-0.15, -0.1) is 0 Å². The third-order valence-corrected chi connectivity index (χ3v) is 3.90. The molecule has 0 saturated carbocycles. The number of hydrogen-bond acceptors (Lipinski definition) is 7. The van der Waals surface area contributed by atoms with Gasteiger partial charge in [0, 0.05) is 17.2 Å². The molecule has 9 nitrogen and oxygen atoms in total. The summed E-state index contributed by atoms with van der Waals surface area (Å²) < 4.78 is 5.14. The van der Waals surface area contributed by atoms with E-state index in [4.69, 9.17) is 4.74 Å². The van der Waals surface area contributed by atoms with Crippen LogP contribution in [-0.4, -0.2) is 28.1 Å². The first-order valence-corrected chi connectivity index (χ1v) is 8.62. The molecule has 0 atom stereocenters. The number of nitrogens with zero attached hydrogens (tertiary/aromatic N) is 2. The molecular formula is C21H15N3O6. The molecule has 9 heteroatoms. The van der Waals surface area contributed by atoms with Crippen LogP contribution in [0.4, 0.5) is 5.69 Å². The summed E-state index contributed by atoms with van der Waals surface area (Å²) in [5.41, 5.74) is 2.70. The monoisotopic (exact) mass is 405 g/mol. The summed E-state index contributed by atoms with van der Waals surface area (Å²) in [7, 11) is 0. The third kappa shape index (κ3) is 5.04. The van der Waals surface area contributed by atoms with Crippen molar-refractivity contribution >= 4 is 23.8 Å². The number of hydrogen-bond donors (Lipinski definition) is 2. The second-order valence-corrected chi connectivity index (χ2v) is 5.99. The Kier molecular flexibility index (Phi) is 6.14. The summed E-state index contributed by atoms with van der Waals surface area (Å²) in [4.78, 5) is 34.8. The molecule has 30 heavy (non-hydrogen) atoms. The van der Waals surface area contributed by atoms with Gasteiger partial charge in [0.1, 0.15) is 5.75 Å². The number of carbonyl (C=O) groups is 2. The van der Waals surface area contributed by atoms with Gasteiger partial charge in [0.25, 0.3) is 5.91 Å². The van der Waals surface area contributed by atoms with Crippen LogP contribution in [0.3, 0.4) is 0 Å². The molecule has 0 radical (unpaired) electrons. The number of aromatic hydroxyl groups is 1. The van der Waals surface area contributed by atoms with Gasteiger partial charge in [-0.3, -0.25) is 14.9 Å². The third-order valence-electron chi connectivity index (χ3n) is 3.90. The molecule has 0 aliphatic carbocycles. The van der Waals surface area contributed by atoms with E-state index in [1.165, 1.54) is 60.8 Å². The number of hydrazone groups is 1. The number of ether oxygens (including phenoxy) is 1. The van der Waals surface area contributed by atoms with E-state index in [0.717, 1.165) is 0 Å². The number of phenolic OH excluding ortho intramolecular Hbond substituents is 1. The van der Waals surface area contributed by atoms with Crippen LogP contribution in [0.2, 0.25) is 0 Å². The van der Waals surface area contributed by atoms with E-state index >= 15 is 0 Å². The SMILES string of the molecule is O=C(NN=Cc1ccc(OC(=O)c2ccccc2)c([N+](=O)[O-])c1)c1ccc(O)cc1. The molecule has 0 spiro atoms. The summed E-state index contributed by atoms with van der Waals surface area (Å²) in [6, 6.07) is 17.6. The fourth-order valence-corrected chi connectivity index (χ4v) is 2.42. The van der Waals surface area contributed by atoms with E-state index in [9.17, 15) is 24.8 Å². The Morgan fingerprint density at radius 1 is 1.00 bits per heavy atom. The number of amides is 1. The summed E-state index contributed by atoms with van der Waals surface area (Å²) in [5.74, 6) is -1.43. The minimum atomic E-state index is -0.721. The Morgan fingerprint density at radius 3 is 2.37 bits per heavy atom. The molecule has 0 saturated heterocycles. The Labute approximate surface area is 170 Å². The fourth-order valence-electron chi connectivity index (χ4n) is 2.42. The molecule has 0 unspecified atom stereocenters. The van der Waals surface area contributed by atoms with E-state index in [2.05, 4.69) is 10.5 Å². The van der Waals surface area contributed by atoms with E-state index < -0.39 is 22.5 Å². The highest BCUT2D eigenvalue weighted by Gasteiger charge is 2.19. The predicted molar refractivity (Wildman–Crippen MR) is 108 cm³/mol. The van der Waals surface area contributed by atoms with Gasteiger partial charge < -0.3 is 9.84 Å². The first-order chi connectivity index (χ1) is 14.4. The number of benzene rings is 3. The quantitative estimate of drug-likeness (QED) is 0.213. The Bertz CT molecular complexity index is 1110. The fraction of sp³-hybridized carbons (Fsp3) is 0. The van der Waals surface area contributed by atoms with E-state index in [-0.39, 0.29) is 22.6 Å². The van der Waals surface area contributed by atoms with Gasteiger partial charge in [0.05, 0.1) is 16.7 Å². The Morgan fingerprint density at radius 2 is 1.70 bits per heavy atom. The molecule has 3 aromatic carbocycles. The molecule has 3 rings (SSSR count). The van der Waals surface area contributed by atoms with Gasteiger partial charge in [0.15, 0.2) is 0 Å². The second-order valence-electron chi connectivity index (χ2n) is 5.99. The van der Waals surface area contributed by atoms with Crippen molar-refractivity contribution in [3.05, 3.63) is 99.6 Å². The first kappa shape index (κ1) is 20.2. The molecule has 0 bridgehead atoms. The van der Waals surface area contributed by atoms with Crippen molar-refractivity contribution in [2.45, 2.75) is 0 Å². The molecule has 0 heterocycles. The van der Waals surface area contributed by atoms with E-state index in [0.29, 0.717) is 5.56 Å². The lowest BCUT2D eigenvalue weighted by atomic mass is 10.2. The zero-order valence-electron chi connectivity index (χ0n) is 15.4. The number of nitrogens with one attached hydrogen (secondary N) is 1. The highest BCUT2D eigenvalue weighted by molar-refractivity contribution is 5.95. The molecule has 150 valence electrons. The number of nitro benzene ring substituents is 1. The largest absolute Gasteiger partial charge is 0.508 e. The maximum Gasteiger partial charge on any atom is 0.343 e. The number of rotatable bonds is 6. The lowest BCUT2D eigenvalue weighted by Gasteiger charge is -2.06. The van der Waals surface area contributed by atoms with Crippen LogP contribution in [0.15, 0.2) is 77.9 Å². The van der Waals surface area contributed by atoms with E-state index in [1.807, 2.05) is 0 Å². The summed E-state index contributed by atoms with van der Waals surface area (Å²) >= 11 is 0. The van der Waals surface area contributed by atoms with Gasteiger partial charge in [-0.05, 0) is 48.5 Å². The van der Waals surface area contributed by atoms with Crippen LogP contribution in [0.5, 0.6) is 11.5 Å². The van der Waals surface area contributed by atoms with Crippen molar-refractivity contribution in [1.82, 2.24) is 5.43 Å².